The summed E-state index contributed by atoms with van der Waals surface area (Å²) in [5.74, 6) is 0.493. The average molecular weight is 302 g/mol. The Kier molecular flexibility index (Phi) is 6.56. The number of hydrogen-bond donors (Lipinski definition) is 1. The van der Waals surface area contributed by atoms with Crippen molar-refractivity contribution in [2.75, 3.05) is 11.9 Å². The summed E-state index contributed by atoms with van der Waals surface area (Å²) in [6, 6.07) is 5.06. The minimum Gasteiger partial charge on any atom is -0.385 e. The molecule has 0 bridgehead atoms. The fourth-order valence-corrected chi connectivity index (χ4v) is 2.19. The van der Waals surface area contributed by atoms with Crippen LogP contribution in [0.4, 0.5) is 10.1 Å². The van der Waals surface area contributed by atoms with Crippen LogP contribution in [0.2, 0.25) is 0 Å². The van der Waals surface area contributed by atoms with Crippen molar-refractivity contribution in [3.8, 4) is 0 Å². The highest BCUT2D eigenvalue weighted by molar-refractivity contribution is 9.10. The topological polar surface area (TPSA) is 12.0 Å². The van der Waals surface area contributed by atoms with Crippen LogP contribution in [0, 0.1) is 11.7 Å². The van der Waals surface area contributed by atoms with E-state index in [0.29, 0.717) is 10.4 Å². The Morgan fingerprint density at radius 2 is 2.12 bits per heavy atom. The van der Waals surface area contributed by atoms with Gasteiger partial charge in [0.05, 0.1) is 4.47 Å². The third kappa shape index (κ3) is 5.07. The van der Waals surface area contributed by atoms with Gasteiger partial charge in [0.1, 0.15) is 5.82 Å². The van der Waals surface area contributed by atoms with Crippen molar-refractivity contribution in [3.63, 3.8) is 0 Å². The van der Waals surface area contributed by atoms with Crippen LogP contribution in [-0.2, 0) is 0 Å². The van der Waals surface area contributed by atoms with Crippen LogP contribution >= 0.6 is 15.9 Å². The molecule has 0 aliphatic heterocycles. The molecule has 1 aromatic carbocycles. The summed E-state index contributed by atoms with van der Waals surface area (Å²) in [6.45, 7) is 5.41. The average Bonchev–Trinajstić information content (AvgIpc) is 2.34. The molecule has 1 rings (SSSR count). The Labute approximate surface area is 112 Å². The fraction of sp³-hybridized carbons (Fsp3) is 0.571. The molecular weight excluding hydrogens is 281 g/mol. The van der Waals surface area contributed by atoms with Gasteiger partial charge in [0.2, 0.25) is 0 Å². The molecule has 1 aromatic rings. The molecule has 1 N–H and O–H groups in total. The van der Waals surface area contributed by atoms with E-state index in [0.717, 1.165) is 12.2 Å². The van der Waals surface area contributed by atoms with E-state index < -0.39 is 0 Å². The highest BCUT2D eigenvalue weighted by atomic mass is 79.9. The van der Waals surface area contributed by atoms with Crippen molar-refractivity contribution in [1.82, 2.24) is 0 Å². The molecular formula is C14H21BrFN. The largest absolute Gasteiger partial charge is 0.385 e. The van der Waals surface area contributed by atoms with Crippen LogP contribution in [0.3, 0.4) is 0 Å². The minimum atomic E-state index is -0.214. The summed E-state index contributed by atoms with van der Waals surface area (Å²) in [6.07, 6.45) is 4.99. The SMILES string of the molecule is CCCCC(CC)CNc1ccc(F)c(Br)c1. The summed E-state index contributed by atoms with van der Waals surface area (Å²) in [5.41, 5.74) is 0.980. The lowest BCUT2D eigenvalue weighted by Gasteiger charge is -2.16. The molecule has 0 aliphatic rings. The van der Waals surface area contributed by atoms with Crippen molar-refractivity contribution < 1.29 is 4.39 Å². The van der Waals surface area contributed by atoms with Crippen LogP contribution < -0.4 is 5.32 Å². The monoisotopic (exact) mass is 301 g/mol. The van der Waals surface area contributed by atoms with Crippen molar-refractivity contribution in [3.05, 3.63) is 28.5 Å². The predicted molar refractivity (Wildman–Crippen MR) is 75.9 cm³/mol. The number of unbranched alkanes of at least 4 members (excludes halogenated alkanes) is 1. The normalized spacial score (nSPS) is 12.5. The van der Waals surface area contributed by atoms with Crippen molar-refractivity contribution in [2.45, 2.75) is 39.5 Å². The second kappa shape index (κ2) is 7.70. The predicted octanol–water partition coefficient (Wildman–Crippen LogP) is 5.22. The van der Waals surface area contributed by atoms with Crippen LogP contribution in [-0.4, -0.2) is 6.54 Å². The maximum Gasteiger partial charge on any atom is 0.137 e. The number of halogens is 2. The lowest BCUT2D eigenvalue weighted by atomic mass is 9.99. The summed E-state index contributed by atoms with van der Waals surface area (Å²) >= 11 is 3.20. The van der Waals surface area contributed by atoms with E-state index in [4.69, 9.17) is 0 Å². The molecule has 0 radical (unpaired) electrons. The smallest absolute Gasteiger partial charge is 0.137 e. The molecule has 96 valence electrons. The Balaban J connectivity index is 2.45. The van der Waals surface area contributed by atoms with E-state index in [2.05, 4.69) is 35.1 Å². The molecule has 0 saturated carbocycles. The van der Waals surface area contributed by atoms with Gasteiger partial charge >= 0.3 is 0 Å². The van der Waals surface area contributed by atoms with Crippen LogP contribution in [0.25, 0.3) is 0 Å². The van der Waals surface area contributed by atoms with Gasteiger partial charge in [0.15, 0.2) is 0 Å². The standard InChI is InChI=1S/C14H21BrFN/c1-3-5-6-11(4-2)10-17-12-7-8-14(16)13(15)9-12/h7-9,11,17H,3-6,10H2,1-2H3. The van der Waals surface area contributed by atoms with Crippen molar-refractivity contribution >= 4 is 21.6 Å². The molecule has 1 unspecified atom stereocenters. The number of benzene rings is 1. The lowest BCUT2D eigenvalue weighted by molar-refractivity contribution is 0.473. The Morgan fingerprint density at radius 1 is 1.35 bits per heavy atom. The van der Waals surface area contributed by atoms with Crippen molar-refractivity contribution in [2.24, 2.45) is 5.92 Å². The number of nitrogens with one attached hydrogen (secondary N) is 1. The molecule has 0 amide bonds. The first-order chi connectivity index (χ1) is 8.17. The van der Waals surface area contributed by atoms with Gasteiger partial charge in [0, 0.05) is 12.2 Å². The number of rotatable bonds is 7. The van der Waals surface area contributed by atoms with E-state index in [-0.39, 0.29) is 5.82 Å². The Morgan fingerprint density at radius 3 is 2.71 bits per heavy atom. The van der Waals surface area contributed by atoms with Crippen LogP contribution in [0.15, 0.2) is 22.7 Å². The molecule has 0 fully saturated rings. The maximum absolute atomic E-state index is 13.1. The van der Waals surface area contributed by atoms with Gasteiger partial charge in [0.25, 0.3) is 0 Å². The molecule has 3 heteroatoms. The van der Waals surface area contributed by atoms with E-state index in [1.54, 1.807) is 12.1 Å². The third-order valence-corrected chi connectivity index (χ3v) is 3.67. The van der Waals surface area contributed by atoms with Crippen LogP contribution in [0.1, 0.15) is 39.5 Å². The zero-order chi connectivity index (χ0) is 12.7. The van der Waals surface area contributed by atoms with E-state index in [1.165, 1.54) is 31.7 Å². The highest BCUT2D eigenvalue weighted by Crippen LogP contribution is 2.21. The number of anilines is 1. The Hall–Kier alpha value is -0.570. The maximum atomic E-state index is 13.1. The van der Waals surface area contributed by atoms with E-state index >= 15 is 0 Å². The molecule has 0 heterocycles. The molecule has 0 spiro atoms. The highest BCUT2D eigenvalue weighted by Gasteiger charge is 2.06. The molecule has 0 aliphatic carbocycles. The molecule has 1 atom stereocenters. The van der Waals surface area contributed by atoms with Gasteiger partial charge in [-0.1, -0.05) is 33.1 Å². The second-order valence-electron chi connectivity index (χ2n) is 4.43. The van der Waals surface area contributed by atoms with Gasteiger partial charge in [-0.15, -0.1) is 0 Å². The first-order valence-corrected chi connectivity index (χ1v) is 7.15. The lowest BCUT2D eigenvalue weighted by Crippen LogP contribution is -2.13. The molecule has 17 heavy (non-hydrogen) atoms. The zero-order valence-corrected chi connectivity index (χ0v) is 12.2. The summed E-state index contributed by atoms with van der Waals surface area (Å²) in [5, 5.41) is 3.38. The van der Waals surface area contributed by atoms with E-state index in [9.17, 15) is 4.39 Å². The summed E-state index contributed by atoms with van der Waals surface area (Å²) < 4.78 is 13.6. The summed E-state index contributed by atoms with van der Waals surface area (Å²) in [4.78, 5) is 0. The van der Waals surface area contributed by atoms with E-state index in [1.807, 2.05) is 0 Å². The molecule has 1 nitrogen and oxygen atoms in total. The van der Waals surface area contributed by atoms with Gasteiger partial charge in [-0.25, -0.2) is 4.39 Å². The zero-order valence-electron chi connectivity index (χ0n) is 10.6. The third-order valence-electron chi connectivity index (χ3n) is 3.06. The fourth-order valence-electron chi connectivity index (χ4n) is 1.81. The number of hydrogen-bond acceptors (Lipinski definition) is 1. The quantitative estimate of drug-likeness (QED) is 0.728. The van der Waals surface area contributed by atoms with Crippen molar-refractivity contribution in [1.29, 1.82) is 0 Å². The first-order valence-electron chi connectivity index (χ1n) is 6.36. The molecule has 0 saturated heterocycles. The van der Waals surface area contributed by atoms with Crippen LogP contribution in [0.5, 0.6) is 0 Å². The summed E-state index contributed by atoms with van der Waals surface area (Å²) in [7, 11) is 0. The van der Waals surface area contributed by atoms with Gasteiger partial charge in [-0.05, 0) is 46.5 Å². The van der Waals surface area contributed by atoms with Gasteiger partial charge in [-0.3, -0.25) is 0 Å². The van der Waals surface area contributed by atoms with Gasteiger partial charge in [-0.2, -0.15) is 0 Å². The molecule has 0 aromatic heterocycles. The van der Waals surface area contributed by atoms with Gasteiger partial charge < -0.3 is 5.32 Å². The Bertz CT molecular complexity index is 341. The first kappa shape index (κ1) is 14.5. The minimum absolute atomic E-state index is 0.214. The second-order valence-corrected chi connectivity index (χ2v) is 5.28.